The zero-order valence-electron chi connectivity index (χ0n) is 16.2. The number of rotatable bonds is 6. The second-order valence-electron chi connectivity index (χ2n) is 6.35. The summed E-state index contributed by atoms with van der Waals surface area (Å²) in [6.45, 7) is 3.25. The number of hydrogen-bond donors (Lipinski definition) is 3. The van der Waals surface area contributed by atoms with Crippen LogP contribution in [0.5, 0.6) is 0 Å². The van der Waals surface area contributed by atoms with E-state index < -0.39 is 5.56 Å². The lowest BCUT2D eigenvalue weighted by molar-refractivity contribution is -0.114. The van der Waals surface area contributed by atoms with Gasteiger partial charge in [0.15, 0.2) is 10.9 Å². The zero-order chi connectivity index (χ0) is 21.7. The highest BCUT2D eigenvalue weighted by atomic mass is 35.5. The van der Waals surface area contributed by atoms with Crippen LogP contribution in [0.15, 0.2) is 52.4 Å². The molecule has 8 nitrogen and oxygen atoms in total. The van der Waals surface area contributed by atoms with E-state index >= 15 is 0 Å². The van der Waals surface area contributed by atoms with Crippen LogP contribution in [0.4, 0.5) is 11.4 Å². The summed E-state index contributed by atoms with van der Waals surface area (Å²) in [4.78, 5) is 38.8. The molecule has 154 valence electrons. The average Bonchev–Trinajstić information content (AvgIpc) is 2.69. The minimum atomic E-state index is -0.476. The predicted octanol–water partition coefficient (Wildman–Crippen LogP) is 3.48. The van der Waals surface area contributed by atoms with E-state index in [4.69, 9.17) is 11.6 Å². The number of hydrogen-bond acceptors (Lipinski definition) is 6. The molecular weight excluding hydrogens is 426 g/mol. The van der Waals surface area contributed by atoms with Crippen molar-refractivity contribution in [3.05, 3.63) is 63.4 Å². The van der Waals surface area contributed by atoms with Crippen LogP contribution in [0.1, 0.15) is 12.5 Å². The number of aryl methyl sites for hydroxylation is 1. The molecule has 0 saturated heterocycles. The molecule has 0 atom stereocenters. The Kier molecular flexibility index (Phi) is 6.86. The number of H-pyrrole nitrogens is 1. The normalized spacial score (nSPS) is 10.5. The third-order valence-corrected chi connectivity index (χ3v) is 5.10. The summed E-state index contributed by atoms with van der Waals surface area (Å²) in [7, 11) is 0. The molecule has 3 N–H and O–H groups in total. The highest BCUT2D eigenvalue weighted by Crippen LogP contribution is 2.26. The number of benzene rings is 2. The Labute approximate surface area is 181 Å². The molecule has 0 unspecified atom stereocenters. The van der Waals surface area contributed by atoms with E-state index in [1.165, 1.54) is 6.92 Å². The third kappa shape index (κ3) is 5.46. The van der Waals surface area contributed by atoms with Gasteiger partial charge in [-0.2, -0.15) is 0 Å². The fourth-order valence-electron chi connectivity index (χ4n) is 2.60. The van der Waals surface area contributed by atoms with Gasteiger partial charge in [0.05, 0.1) is 22.2 Å². The number of carbonyl (C=O) groups is 2. The number of halogens is 1. The fraction of sp³-hybridized carbons (Fsp3) is 0.150. The van der Waals surface area contributed by atoms with Crippen LogP contribution < -0.4 is 16.2 Å². The summed E-state index contributed by atoms with van der Waals surface area (Å²) in [5, 5.41) is 14.0. The molecule has 0 aliphatic rings. The van der Waals surface area contributed by atoms with Gasteiger partial charge in [0, 0.05) is 12.5 Å². The van der Waals surface area contributed by atoms with Crippen molar-refractivity contribution in [2.45, 2.75) is 19.0 Å². The van der Waals surface area contributed by atoms with E-state index in [0.717, 1.165) is 17.3 Å². The van der Waals surface area contributed by atoms with Crippen LogP contribution in [-0.2, 0) is 9.59 Å². The van der Waals surface area contributed by atoms with Crippen LogP contribution in [0.3, 0.4) is 0 Å². The number of amides is 2. The number of nitrogens with zero attached hydrogens (tertiary/aromatic N) is 2. The van der Waals surface area contributed by atoms with Gasteiger partial charge >= 0.3 is 0 Å². The summed E-state index contributed by atoms with van der Waals surface area (Å²) in [5.74, 6) is -0.552. The van der Waals surface area contributed by atoms with Crippen molar-refractivity contribution in [2.24, 2.45) is 0 Å². The van der Waals surface area contributed by atoms with Gasteiger partial charge in [-0.25, -0.2) is 0 Å². The van der Waals surface area contributed by atoms with Gasteiger partial charge in [-0.15, -0.1) is 10.2 Å². The van der Waals surface area contributed by atoms with Crippen molar-refractivity contribution < 1.29 is 9.59 Å². The molecule has 30 heavy (non-hydrogen) atoms. The van der Waals surface area contributed by atoms with E-state index in [0.29, 0.717) is 22.0 Å². The zero-order valence-corrected chi connectivity index (χ0v) is 17.7. The molecule has 0 aliphatic heterocycles. The van der Waals surface area contributed by atoms with Gasteiger partial charge in [-0.05, 0) is 31.2 Å². The lowest BCUT2D eigenvalue weighted by Gasteiger charge is -2.10. The van der Waals surface area contributed by atoms with Crippen LogP contribution in [0.2, 0.25) is 5.02 Å². The van der Waals surface area contributed by atoms with E-state index in [-0.39, 0.29) is 28.4 Å². The number of nitrogens with one attached hydrogen (secondary N) is 3. The Morgan fingerprint density at radius 1 is 1.10 bits per heavy atom. The first kappa shape index (κ1) is 21.5. The number of aromatic nitrogens is 3. The lowest BCUT2D eigenvalue weighted by Crippen LogP contribution is -2.18. The Morgan fingerprint density at radius 3 is 2.57 bits per heavy atom. The highest BCUT2D eigenvalue weighted by molar-refractivity contribution is 7.99. The third-order valence-electron chi connectivity index (χ3n) is 3.91. The molecule has 0 aliphatic carbocycles. The smallest absolute Gasteiger partial charge is 0.278 e. The second-order valence-corrected chi connectivity index (χ2v) is 7.73. The quantitative estimate of drug-likeness (QED) is 0.502. The maximum atomic E-state index is 12.6. The van der Waals surface area contributed by atoms with Crippen molar-refractivity contribution >= 4 is 46.6 Å². The van der Waals surface area contributed by atoms with Crippen molar-refractivity contribution in [2.75, 3.05) is 16.4 Å². The molecule has 0 radical (unpaired) electrons. The molecule has 0 spiro atoms. The van der Waals surface area contributed by atoms with Crippen LogP contribution in [0, 0.1) is 6.92 Å². The van der Waals surface area contributed by atoms with Crippen molar-refractivity contribution in [3.8, 4) is 11.3 Å². The van der Waals surface area contributed by atoms with Gasteiger partial charge < -0.3 is 10.6 Å². The summed E-state index contributed by atoms with van der Waals surface area (Å²) in [5.41, 5.74) is 1.93. The average molecular weight is 444 g/mol. The minimum absolute atomic E-state index is 0.0107. The molecule has 0 saturated carbocycles. The van der Waals surface area contributed by atoms with Crippen molar-refractivity contribution in [1.82, 2.24) is 15.2 Å². The highest BCUT2D eigenvalue weighted by Gasteiger charge is 2.14. The number of aromatic amines is 1. The molecule has 3 aromatic rings. The van der Waals surface area contributed by atoms with E-state index in [1.54, 1.807) is 36.4 Å². The first-order valence-electron chi connectivity index (χ1n) is 8.86. The van der Waals surface area contributed by atoms with Crippen molar-refractivity contribution in [3.63, 3.8) is 0 Å². The monoisotopic (exact) mass is 443 g/mol. The van der Waals surface area contributed by atoms with Crippen LogP contribution >= 0.6 is 23.4 Å². The van der Waals surface area contributed by atoms with Crippen LogP contribution in [0.25, 0.3) is 11.3 Å². The first-order valence-corrected chi connectivity index (χ1v) is 10.2. The molecule has 3 rings (SSSR count). The van der Waals surface area contributed by atoms with Crippen LogP contribution in [-0.4, -0.2) is 32.7 Å². The fourth-order valence-corrected chi connectivity index (χ4v) is 3.39. The number of anilines is 2. The number of carbonyl (C=O) groups excluding carboxylic acids is 2. The lowest BCUT2D eigenvalue weighted by atomic mass is 10.1. The first-order chi connectivity index (χ1) is 14.3. The Morgan fingerprint density at radius 2 is 1.87 bits per heavy atom. The standard InChI is InChI=1S/C20H18ClN5O3S/c1-11-7-8-15(22-12(2)27)13(9-11)18-19(29)24-20(26-25-18)30-10-17(28)23-16-6-4-3-5-14(16)21/h3-9H,10H2,1-2H3,(H,22,27)(H,23,28)(H,24,26,29). The Hall–Kier alpha value is -3.17. The molecule has 10 heteroatoms. The van der Waals surface area contributed by atoms with Gasteiger partial charge in [0.2, 0.25) is 11.8 Å². The Balaban J connectivity index is 1.74. The maximum absolute atomic E-state index is 12.6. The van der Waals surface area contributed by atoms with Gasteiger partial charge in [0.25, 0.3) is 5.56 Å². The van der Waals surface area contributed by atoms with E-state index in [9.17, 15) is 14.4 Å². The molecule has 0 fully saturated rings. The topological polar surface area (TPSA) is 117 Å². The maximum Gasteiger partial charge on any atom is 0.278 e. The summed E-state index contributed by atoms with van der Waals surface area (Å²) < 4.78 is 0. The summed E-state index contributed by atoms with van der Waals surface area (Å²) in [6, 6.07) is 12.2. The minimum Gasteiger partial charge on any atom is -0.326 e. The molecule has 2 amide bonds. The molecule has 2 aromatic carbocycles. The summed E-state index contributed by atoms with van der Waals surface area (Å²) >= 11 is 7.06. The van der Waals surface area contributed by atoms with Gasteiger partial charge in [0.1, 0.15) is 0 Å². The van der Waals surface area contributed by atoms with Crippen molar-refractivity contribution in [1.29, 1.82) is 0 Å². The largest absolute Gasteiger partial charge is 0.326 e. The number of thioether (sulfide) groups is 1. The number of para-hydroxylation sites is 1. The molecule has 0 bridgehead atoms. The van der Waals surface area contributed by atoms with E-state index in [1.807, 2.05) is 13.0 Å². The SMILES string of the molecule is CC(=O)Nc1ccc(C)cc1-c1nnc(SCC(=O)Nc2ccccc2Cl)[nH]c1=O. The van der Waals surface area contributed by atoms with Gasteiger partial charge in [-0.3, -0.25) is 19.4 Å². The molecular formula is C20H18ClN5O3S. The van der Waals surface area contributed by atoms with E-state index in [2.05, 4.69) is 25.8 Å². The molecule has 1 aromatic heterocycles. The summed E-state index contributed by atoms with van der Waals surface area (Å²) in [6.07, 6.45) is 0. The predicted molar refractivity (Wildman–Crippen MR) is 118 cm³/mol. The van der Waals surface area contributed by atoms with Gasteiger partial charge in [-0.1, -0.05) is 47.1 Å². The Bertz CT molecular complexity index is 1170. The second kappa shape index (κ2) is 9.55. The molecule has 1 heterocycles.